The van der Waals surface area contributed by atoms with Gasteiger partial charge in [-0.3, -0.25) is 9.97 Å². The molecule has 76 valence electrons. The molecule has 0 fully saturated rings. The van der Waals surface area contributed by atoms with E-state index in [-0.39, 0.29) is 0 Å². The van der Waals surface area contributed by atoms with Gasteiger partial charge in [-0.25, -0.2) is 0 Å². The van der Waals surface area contributed by atoms with Crippen LogP contribution < -0.4 is 5.73 Å². The molecule has 0 atom stereocenters. The van der Waals surface area contributed by atoms with Gasteiger partial charge in [-0.05, 0) is 18.6 Å². The molecule has 0 bridgehead atoms. The van der Waals surface area contributed by atoms with Crippen LogP contribution in [0.1, 0.15) is 11.1 Å². The van der Waals surface area contributed by atoms with Crippen LogP contribution in [0.2, 0.25) is 0 Å². The van der Waals surface area contributed by atoms with Crippen LogP contribution in [0.3, 0.4) is 0 Å². The minimum Gasteiger partial charge on any atom is -0.326 e. The van der Waals surface area contributed by atoms with E-state index in [1.54, 1.807) is 18.6 Å². The van der Waals surface area contributed by atoms with E-state index in [0.717, 1.165) is 16.8 Å². The van der Waals surface area contributed by atoms with E-state index in [4.69, 9.17) is 5.73 Å². The predicted molar refractivity (Wildman–Crippen MR) is 60.1 cm³/mol. The molecule has 0 spiro atoms. The Morgan fingerprint density at radius 3 is 2.80 bits per heavy atom. The van der Waals surface area contributed by atoms with Gasteiger partial charge in [-0.1, -0.05) is 17.7 Å². The van der Waals surface area contributed by atoms with E-state index in [1.807, 2.05) is 6.07 Å². The predicted octanol–water partition coefficient (Wildman–Crippen LogP) is 1.91. The van der Waals surface area contributed by atoms with Crippen LogP contribution in [0.15, 0.2) is 36.8 Å². The fraction of sp³-hybridized carbons (Fsp3) is 0.167. The molecule has 2 rings (SSSR count). The number of aromatic nitrogens is 2. The van der Waals surface area contributed by atoms with Crippen molar-refractivity contribution in [1.82, 2.24) is 9.97 Å². The molecule has 3 heteroatoms. The molecule has 1 heterocycles. The van der Waals surface area contributed by atoms with E-state index < -0.39 is 0 Å². The molecule has 1 aromatic heterocycles. The van der Waals surface area contributed by atoms with Gasteiger partial charge in [-0.15, -0.1) is 0 Å². The first kappa shape index (κ1) is 9.80. The van der Waals surface area contributed by atoms with Gasteiger partial charge in [0.1, 0.15) is 0 Å². The summed E-state index contributed by atoms with van der Waals surface area (Å²) in [6.45, 7) is 2.58. The van der Waals surface area contributed by atoms with Gasteiger partial charge in [0.25, 0.3) is 0 Å². The zero-order valence-electron chi connectivity index (χ0n) is 8.64. The van der Waals surface area contributed by atoms with E-state index >= 15 is 0 Å². The number of benzene rings is 1. The van der Waals surface area contributed by atoms with Crippen molar-refractivity contribution < 1.29 is 0 Å². The highest BCUT2D eigenvalue weighted by Gasteiger charge is 2.04. The second-order valence-electron chi connectivity index (χ2n) is 3.46. The molecule has 2 N–H and O–H groups in total. The van der Waals surface area contributed by atoms with Gasteiger partial charge < -0.3 is 5.73 Å². The summed E-state index contributed by atoms with van der Waals surface area (Å²) in [6.07, 6.45) is 5.12. The molecule has 2 aromatic rings. The summed E-state index contributed by atoms with van der Waals surface area (Å²) >= 11 is 0. The third-order valence-electron chi connectivity index (χ3n) is 2.32. The lowest BCUT2D eigenvalue weighted by molar-refractivity contribution is 1.06. The Kier molecular flexibility index (Phi) is 2.74. The van der Waals surface area contributed by atoms with E-state index in [2.05, 4.69) is 29.0 Å². The molecule has 0 saturated heterocycles. The lowest BCUT2D eigenvalue weighted by Crippen LogP contribution is -2.00. The summed E-state index contributed by atoms with van der Waals surface area (Å²) in [6, 6.07) is 6.19. The molecule has 15 heavy (non-hydrogen) atoms. The average molecular weight is 199 g/mol. The summed E-state index contributed by atoms with van der Waals surface area (Å²) in [5.74, 6) is 0. The SMILES string of the molecule is Cc1ccc(CN)c(-c2cnccn2)c1. The van der Waals surface area contributed by atoms with Crippen molar-refractivity contribution in [3.8, 4) is 11.3 Å². The monoisotopic (exact) mass is 199 g/mol. The van der Waals surface area contributed by atoms with E-state index in [9.17, 15) is 0 Å². The molecule has 1 aromatic carbocycles. The first-order valence-electron chi connectivity index (χ1n) is 4.87. The van der Waals surface area contributed by atoms with Crippen molar-refractivity contribution in [2.45, 2.75) is 13.5 Å². The van der Waals surface area contributed by atoms with Crippen molar-refractivity contribution in [1.29, 1.82) is 0 Å². The fourth-order valence-corrected chi connectivity index (χ4v) is 1.54. The number of hydrogen-bond donors (Lipinski definition) is 1. The van der Waals surface area contributed by atoms with Crippen molar-refractivity contribution in [3.05, 3.63) is 47.9 Å². The fourth-order valence-electron chi connectivity index (χ4n) is 1.54. The average Bonchev–Trinajstić information content (AvgIpc) is 2.30. The molecule has 0 unspecified atom stereocenters. The molecule has 0 radical (unpaired) electrons. The highest BCUT2D eigenvalue weighted by atomic mass is 14.8. The third kappa shape index (κ3) is 2.02. The van der Waals surface area contributed by atoms with Gasteiger partial charge >= 0.3 is 0 Å². The lowest BCUT2D eigenvalue weighted by Gasteiger charge is -2.07. The van der Waals surface area contributed by atoms with Crippen LogP contribution in [-0.4, -0.2) is 9.97 Å². The Hall–Kier alpha value is -1.74. The Labute approximate surface area is 89.0 Å². The summed E-state index contributed by atoms with van der Waals surface area (Å²) in [5.41, 5.74) is 9.94. The Morgan fingerprint density at radius 1 is 1.27 bits per heavy atom. The normalized spacial score (nSPS) is 10.3. The zero-order chi connectivity index (χ0) is 10.7. The first-order valence-corrected chi connectivity index (χ1v) is 4.87. The largest absolute Gasteiger partial charge is 0.326 e. The molecule has 0 aliphatic rings. The molecule has 3 nitrogen and oxygen atoms in total. The summed E-state index contributed by atoms with van der Waals surface area (Å²) in [7, 11) is 0. The van der Waals surface area contributed by atoms with Crippen LogP contribution in [0.4, 0.5) is 0 Å². The number of hydrogen-bond acceptors (Lipinski definition) is 3. The molecule has 0 aliphatic carbocycles. The highest BCUT2D eigenvalue weighted by molar-refractivity contribution is 5.63. The maximum atomic E-state index is 5.69. The quantitative estimate of drug-likeness (QED) is 0.803. The molecule has 0 saturated carbocycles. The second-order valence-corrected chi connectivity index (χ2v) is 3.46. The zero-order valence-corrected chi connectivity index (χ0v) is 8.64. The van der Waals surface area contributed by atoms with Crippen LogP contribution >= 0.6 is 0 Å². The molecular formula is C12H13N3. The molecular weight excluding hydrogens is 186 g/mol. The van der Waals surface area contributed by atoms with Crippen molar-refractivity contribution >= 4 is 0 Å². The van der Waals surface area contributed by atoms with Gasteiger partial charge in [0.05, 0.1) is 11.9 Å². The van der Waals surface area contributed by atoms with E-state index in [1.165, 1.54) is 5.56 Å². The second kappa shape index (κ2) is 4.19. The summed E-state index contributed by atoms with van der Waals surface area (Å²) in [4.78, 5) is 8.34. The van der Waals surface area contributed by atoms with Crippen LogP contribution in [0, 0.1) is 6.92 Å². The summed E-state index contributed by atoms with van der Waals surface area (Å²) in [5, 5.41) is 0. The minimum atomic E-state index is 0.520. The van der Waals surface area contributed by atoms with Gasteiger partial charge in [0.2, 0.25) is 0 Å². The number of aryl methyl sites for hydroxylation is 1. The van der Waals surface area contributed by atoms with Crippen molar-refractivity contribution in [2.24, 2.45) is 5.73 Å². The Balaban J connectivity index is 2.56. The van der Waals surface area contributed by atoms with Crippen LogP contribution in [-0.2, 0) is 6.54 Å². The third-order valence-corrected chi connectivity index (χ3v) is 2.32. The lowest BCUT2D eigenvalue weighted by atomic mass is 10.0. The minimum absolute atomic E-state index is 0.520. The van der Waals surface area contributed by atoms with Crippen LogP contribution in [0.25, 0.3) is 11.3 Å². The number of nitrogens with zero attached hydrogens (tertiary/aromatic N) is 2. The smallest absolute Gasteiger partial charge is 0.0888 e. The molecule has 0 amide bonds. The van der Waals surface area contributed by atoms with Gasteiger partial charge in [-0.2, -0.15) is 0 Å². The highest BCUT2D eigenvalue weighted by Crippen LogP contribution is 2.21. The Bertz CT molecular complexity index is 452. The van der Waals surface area contributed by atoms with E-state index in [0.29, 0.717) is 6.54 Å². The standard InChI is InChI=1S/C12H13N3/c1-9-2-3-10(7-13)11(6-9)12-8-14-4-5-15-12/h2-6,8H,7,13H2,1H3. The van der Waals surface area contributed by atoms with Gasteiger partial charge in [0, 0.05) is 24.5 Å². The van der Waals surface area contributed by atoms with Crippen molar-refractivity contribution in [3.63, 3.8) is 0 Å². The topological polar surface area (TPSA) is 51.8 Å². The number of rotatable bonds is 2. The van der Waals surface area contributed by atoms with Crippen LogP contribution in [0.5, 0.6) is 0 Å². The van der Waals surface area contributed by atoms with Crippen molar-refractivity contribution in [2.75, 3.05) is 0 Å². The Morgan fingerprint density at radius 2 is 2.13 bits per heavy atom. The summed E-state index contributed by atoms with van der Waals surface area (Å²) < 4.78 is 0. The molecule has 0 aliphatic heterocycles. The number of nitrogens with two attached hydrogens (primary N) is 1. The first-order chi connectivity index (χ1) is 7.31. The maximum absolute atomic E-state index is 5.69. The van der Waals surface area contributed by atoms with Gasteiger partial charge in [0.15, 0.2) is 0 Å². The maximum Gasteiger partial charge on any atom is 0.0888 e.